The first-order valence-electron chi connectivity index (χ1n) is 3.97. The average molecular weight is 315 g/mol. The number of nitrogens with two attached hydrogens (primary N) is 1. The maximum absolute atomic E-state index is 10.6. The fourth-order valence-electron chi connectivity index (χ4n) is 0.860. The van der Waals surface area contributed by atoms with E-state index in [1.165, 1.54) is 0 Å². The summed E-state index contributed by atoms with van der Waals surface area (Å²) in [5.74, 6) is 0.310. The number of benzene rings is 1. The van der Waals surface area contributed by atoms with Gasteiger partial charge in [-0.05, 0) is 34.1 Å². The minimum Gasteiger partial charge on any atom is -0.491 e. The van der Waals surface area contributed by atoms with Crippen LogP contribution in [0, 0.1) is 0 Å². The monoisotopic (exact) mass is 313 g/mol. The van der Waals surface area contributed by atoms with Crippen LogP contribution in [-0.4, -0.2) is 20.8 Å². The largest absolute Gasteiger partial charge is 0.491 e. The second-order valence-corrected chi connectivity index (χ2v) is 5.81. The number of halogens is 2. The molecule has 0 aliphatic carbocycles. The number of ether oxygens (including phenoxy) is 1. The molecule has 0 unspecified atom stereocenters. The van der Waals surface area contributed by atoms with Gasteiger partial charge in [0.15, 0.2) is 0 Å². The van der Waals surface area contributed by atoms with Crippen LogP contribution in [0.4, 0.5) is 0 Å². The first kappa shape index (κ1) is 12.8. The van der Waals surface area contributed by atoms with Crippen molar-refractivity contribution in [3.63, 3.8) is 0 Å². The third kappa shape index (κ3) is 4.83. The Bertz CT molecular complexity index is 449. The van der Waals surface area contributed by atoms with Crippen molar-refractivity contribution in [2.45, 2.75) is 0 Å². The highest BCUT2D eigenvalue weighted by atomic mass is 79.9. The van der Waals surface area contributed by atoms with Crippen molar-refractivity contribution in [2.24, 2.45) is 5.14 Å². The van der Waals surface area contributed by atoms with E-state index in [2.05, 4.69) is 15.9 Å². The van der Waals surface area contributed by atoms with Gasteiger partial charge >= 0.3 is 0 Å². The van der Waals surface area contributed by atoms with Crippen molar-refractivity contribution in [2.75, 3.05) is 12.4 Å². The number of sulfonamides is 1. The lowest BCUT2D eigenvalue weighted by atomic mass is 10.3. The van der Waals surface area contributed by atoms with E-state index in [4.69, 9.17) is 21.5 Å². The lowest BCUT2D eigenvalue weighted by Crippen LogP contribution is -2.21. The van der Waals surface area contributed by atoms with Crippen LogP contribution >= 0.6 is 27.5 Å². The van der Waals surface area contributed by atoms with Crippen molar-refractivity contribution >= 4 is 37.6 Å². The van der Waals surface area contributed by atoms with Gasteiger partial charge in [-0.1, -0.05) is 11.6 Å². The third-order valence-electron chi connectivity index (χ3n) is 1.52. The van der Waals surface area contributed by atoms with Crippen LogP contribution in [0.5, 0.6) is 5.75 Å². The van der Waals surface area contributed by atoms with Gasteiger partial charge in [0.05, 0.1) is 10.2 Å². The zero-order valence-electron chi connectivity index (χ0n) is 7.61. The molecule has 0 saturated carbocycles. The van der Waals surface area contributed by atoms with Crippen molar-refractivity contribution < 1.29 is 13.2 Å². The number of primary sulfonamides is 1. The minimum atomic E-state index is -3.48. The van der Waals surface area contributed by atoms with E-state index < -0.39 is 10.0 Å². The Hall–Kier alpha value is -0.300. The van der Waals surface area contributed by atoms with Crippen LogP contribution in [0.25, 0.3) is 0 Å². The molecule has 2 N–H and O–H groups in total. The number of hydrogen-bond donors (Lipinski definition) is 1. The maximum atomic E-state index is 10.6. The third-order valence-corrected chi connectivity index (χ3v) is 3.11. The molecule has 0 bridgehead atoms. The Balaban J connectivity index is 2.59. The van der Waals surface area contributed by atoms with Crippen LogP contribution in [-0.2, 0) is 10.0 Å². The van der Waals surface area contributed by atoms with Crippen molar-refractivity contribution in [1.82, 2.24) is 0 Å². The molecule has 1 aromatic rings. The molecular formula is C8H9BrClNO3S. The lowest BCUT2D eigenvalue weighted by molar-refractivity contribution is 0.339. The smallest absolute Gasteiger partial charge is 0.212 e. The second kappa shape index (κ2) is 5.16. The molecule has 0 saturated heterocycles. The molecule has 4 nitrogen and oxygen atoms in total. The van der Waals surface area contributed by atoms with Gasteiger partial charge in [0.25, 0.3) is 0 Å². The second-order valence-electron chi connectivity index (χ2n) is 2.79. The summed E-state index contributed by atoms with van der Waals surface area (Å²) in [4.78, 5) is 0. The normalized spacial score (nSPS) is 11.4. The predicted octanol–water partition coefficient (Wildman–Crippen LogP) is 1.77. The van der Waals surface area contributed by atoms with Crippen molar-refractivity contribution in [3.8, 4) is 5.75 Å². The van der Waals surface area contributed by atoms with Crippen molar-refractivity contribution in [3.05, 3.63) is 27.7 Å². The quantitative estimate of drug-likeness (QED) is 0.921. The topological polar surface area (TPSA) is 69.4 Å². The molecule has 0 atom stereocenters. The summed E-state index contributed by atoms with van der Waals surface area (Å²) in [5.41, 5.74) is 0. The van der Waals surface area contributed by atoms with E-state index >= 15 is 0 Å². The van der Waals surface area contributed by atoms with E-state index in [-0.39, 0.29) is 12.4 Å². The van der Waals surface area contributed by atoms with Crippen LogP contribution in [0.1, 0.15) is 0 Å². The van der Waals surface area contributed by atoms with Gasteiger partial charge in [-0.3, -0.25) is 0 Å². The first-order chi connectivity index (χ1) is 6.88. The Morgan fingerprint density at radius 2 is 2.13 bits per heavy atom. The van der Waals surface area contributed by atoms with Gasteiger partial charge in [0.1, 0.15) is 12.4 Å². The molecule has 0 aliphatic rings. The Morgan fingerprint density at radius 3 is 2.67 bits per heavy atom. The summed E-state index contributed by atoms with van der Waals surface area (Å²) in [6, 6.07) is 4.96. The fraction of sp³-hybridized carbons (Fsp3) is 0.250. The molecule has 0 spiro atoms. The van der Waals surface area contributed by atoms with Crippen LogP contribution < -0.4 is 9.88 Å². The maximum Gasteiger partial charge on any atom is 0.212 e. The lowest BCUT2D eigenvalue weighted by Gasteiger charge is -2.07. The highest BCUT2D eigenvalue weighted by Gasteiger charge is 2.05. The predicted molar refractivity (Wildman–Crippen MR) is 62.6 cm³/mol. The van der Waals surface area contributed by atoms with E-state index in [1.54, 1.807) is 18.2 Å². The summed E-state index contributed by atoms with van der Waals surface area (Å²) in [6.07, 6.45) is 0. The van der Waals surface area contributed by atoms with Crippen LogP contribution in [0.2, 0.25) is 5.02 Å². The minimum absolute atomic E-state index is 0.0130. The molecule has 0 aliphatic heterocycles. The molecule has 1 rings (SSSR count). The fourth-order valence-corrected chi connectivity index (χ4v) is 1.97. The average Bonchev–Trinajstić information content (AvgIpc) is 2.07. The standard InChI is InChI=1S/C8H9BrClNO3S/c9-7-5-6(10)1-2-8(7)14-3-4-15(11,12)13/h1-2,5H,3-4H2,(H2,11,12,13). The zero-order valence-corrected chi connectivity index (χ0v) is 10.8. The zero-order chi connectivity index (χ0) is 11.5. The van der Waals surface area contributed by atoms with Gasteiger partial charge in [-0.15, -0.1) is 0 Å². The summed E-state index contributed by atoms with van der Waals surface area (Å²) < 4.78 is 27.1. The van der Waals surface area contributed by atoms with Gasteiger partial charge < -0.3 is 4.74 Å². The molecule has 84 valence electrons. The molecule has 0 amide bonds. The molecule has 7 heteroatoms. The number of rotatable bonds is 4. The molecule has 15 heavy (non-hydrogen) atoms. The van der Waals surface area contributed by atoms with Gasteiger partial charge in [-0.25, -0.2) is 13.6 Å². The van der Waals surface area contributed by atoms with Crippen molar-refractivity contribution in [1.29, 1.82) is 0 Å². The van der Waals surface area contributed by atoms with Gasteiger partial charge in [0.2, 0.25) is 10.0 Å². The van der Waals surface area contributed by atoms with Gasteiger partial charge in [0, 0.05) is 5.02 Å². The Kier molecular flexibility index (Phi) is 4.39. The van der Waals surface area contributed by atoms with E-state index in [0.717, 1.165) is 0 Å². The van der Waals surface area contributed by atoms with Crippen LogP contribution in [0.15, 0.2) is 22.7 Å². The molecule has 0 heterocycles. The van der Waals surface area contributed by atoms with E-state index in [0.29, 0.717) is 15.2 Å². The molecule has 0 aromatic heterocycles. The highest BCUT2D eigenvalue weighted by Crippen LogP contribution is 2.27. The highest BCUT2D eigenvalue weighted by molar-refractivity contribution is 9.10. The van der Waals surface area contributed by atoms with Crippen LogP contribution in [0.3, 0.4) is 0 Å². The number of hydrogen-bond acceptors (Lipinski definition) is 3. The van der Waals surface area contributed by atoms with Gasteiger partial charge in [-0.2, -0.15) is 0 Å². The SMILES string of the molecule is NS(=O)(=O)CCOc1ccc(Cl)cc1Br. The first-order valence-corrected chi connectivity index (χ1v) is 6.85. The molecular weight excluding hydrogens is 306 g/mol. The molecule has 0 radical (unpaired) electrons. The summed E-state index contributed by atoms with van der Waals surface area (Å²) in [7, 11) is -3.48. The molecule has 0 fully saturated rings. The Morgan fingerprint density at radius 1 is 1.47 bits per heavy atom. The Labute approximate surface area is 102 Å². The molecule has 1 aromatic carbocycles. The van der Waals surface area contributed by atoms with E-state index in [1.807, 2.05) is 0 Å². The summed E-state index contributed by atoms with van der Waals surface area (Å²) in [6.45, 7) is 0.0130. The van der Waals surface area contributed by atoms with E-state index in [9.17, 15) is 8.42 Å². The summed E-state index contributed by atoms with van der Waals surface area (Å²) in [5, 5.41) is 5.39. The summed E-state index contributed by atoms with van der Waals surface area (Å²) >= 11 is 8.96.